The zero-order valence-electron chi connectivity index (χ0n) is 15.2. The van der Waals surface area contributed by atoms with Crippen LogP contribution >= 0.6 is 0 Å². The molecule has 134 valence electrons. The summed E-state index contributed by atoms with van der Waals surface area (Å²) in [6.07, 6.45) is 17.7. The molecule has 0 N–H and O–H groups in total. The van der Waals surface area contributed by atoms with Crippen molar-refractivity contribution < 1.29 is 14.3 Å². The fraction of sp³-hybridized carbons (Fsp3) is 0.850. The largest absolute Gasteiger partial charge is 0.349 e. The van der Waals surface area contributed by atoms with Crippen LogP contribution in [0.1, 0.15) is 90.9 Å². The van der Waals surface area contributed by atoms with E-state index in [0.717, 1.165) is 25.9 Å². The van der Waals surface area contributed by atoms with E-state index in [4.69, 9.17) is 9.47 Å². The van der Waals surface area contributed by atoms with Crippen LogP contribution in [0, 0.1) is 0 Å². The predicted octanol–water partition coefficient (Wildman–Crippen LogP) is 5.57. The Hall–Kier alpha value is -0.670. The number of hydrogen-bond acceptors (Lipinski definition) is 3. The Morgan fingerprint density at radius 2 is 1.52 bits per heavy atom. The van der Waals surface area contributed by atoms with Crippen molar-refractivity contribution in [1.29, 1.82) is 0 Å². The van der Waals surface area contributed by atoms with Gasteiger partial charge < -0.3 is 9.47 Å². The van der Waals surface area contributed by atoms with Crippen LogP contribution in [0.15, 0.2) is 12.2 Å². The molecule has 0 fully saturated rings. The van der Waals surface area contributed by atoms with Gasteiger partial charge in [0.15, 0.2) is 12.1 Å². The third-order valence-electron chi connectivity index (χ3n) is 4.36. The first kappa shape index (κ1) is 20.4. The zero-order chi connectivity index (χ0) is 16.8. The fourth-order valence-corrected chi connectivity index (χ4v) is 2.91. The molecule has 1 aliphatic heterocycles. The molecule has 0 saturated heterocycles. The van der Waals surface area contributed by atoms with Gasteiger partial charge in [-0.25, -0.2) is 0 Å². The lowest BCUT2D eigenvalue weighted by Gasteiger charge is -2.24. The molecular weight excluding hydrogens is 288 g/mol. The summed E-state index contributed by atoms with van der Waals surface area (Å²) in [6, 6.07) is 0. The van der Waals surface area contributed by atoms with Gasteiger partial charge in [-0.1, -0.05) is 78.1 Å². The quantitative estimate of drug-likeness (QED) is 0.392. The highest BCUT2D eigenvalue weighted by molar-refractivity contribution is 5.94. The lowest BCUT2D eigenvalue weighted by atomic mass is 10.1. The zero-order valence-corrected chi connectivity index (χ0v) is 15.2. The van der Waals surface area contributed by atoms with Gasteiger partial charge in [-0.2, -0.15) is 0 Å². The molecule has 1 heterocycles. The summed E-state index contributed by atoms with van der Waals surface area (Å²) in [6.45, 7) is 5.05. The summed E-state index contributed by atoms with van der Waals surface area (Å²) in [4.78, 5) is 11.6. The summed E-state index contributed by atoms with van der Waals surface area (Å²) < 4.78 is 11.4. The molecule has 0 aromatic carbocycles. The average Bonchev–Trinajstić information content (AvgIpc) is 2.55. The number of ether oxygens (including phenoxy) is 2. The molecule has 0 amide bonds. The van der Waals surface area contributed by atoms with Crippen molar-refractivity contribution in [2.24, 2.45) is 0 Å². The second kappa shape index (κ2) is 13.7. The van der Waals surface area contributed by atoms with Crippen molar-refractivity contribution in [3.63, 3.8) is 0 Å². The smallest absolute Gasteiger partial charge is 0.184 e. The van der Waals surface area contributed by atoms with Crippen LogP contribution in [0.2, 0.25) is 0 Å². The highest BCUT2D eigenvalue weighted by Gasteiger charge is 2.24. The normalized spacial score (nSPS) is 21.0. The van der Waals surface area contributed by atoms with Gasteiger partial charge in [0.2, 0.25) is 0 Å². The number of carbonyl (C=O) groups is 1. The molecule has 0 saturated carbocycles. The lowest BCUT2D eigenvalue weighted by Crippen LogP contribution is -2.33. The van der Waals surface area contributed by atoms with Crippen molar-refractivity contribution in [3.05, 3.63) is 12.2 Å². The molecule has 0 spiro atoms. The van der Waals surface area contributed by atoms with Crippen LogP contribution in [0.4, 0.5) is 0 Å². The minimum atomic E-state index is -0.331. The first-order valence-corrected chi connectivity index (χ1v) is 9.77. The molecule has 2 atom stereocenters. The molecule has 1 rings (SSSR count). The van der Waals surface area contributed by atoms with Crippen LogP contribution < -0.4 is 0 Å². The summed E-state index contributed by atoms with van der Waals surface area (Å²) >= 11 is 0. The Labute approximate surface area is 142 Å². The van der Waals surface area contributed by atoms with E-state index in [0.29, 0.717) is 0 Å². The van der Waals surface area contributed by atoms with Gasteiger partial charge in [0.05, 0.1) is 6.61 Å². The van der Waals surface area contributed by atoms with E-state index in [1.165, 1.54) is 57.8 Å². The highest BCUT2D eigenvalue weighted by atomic mass is 16.7. The summed E-state index contributed by atoms with van der Waals surface area (Å²) in [7, 11) is 0. The van der Waals surface area contributed by atoms with E-state index in [1.54, 1.807) is 12.2 Å². The molecule has 3 nitrogen and oxygen atoms in total. The van der Waals surface area contributed by atoms with Crippen molar-refractivity contribution in [1.82, 2.24) is 0 Å². The molecule has 0 aromatic heterocycles. The second-order valence-corrected chi connectivity index (χ2v) is 6.60. The van der Waals surface area contributed by atoms with Crippen molar-refractivity contribution in [3.8, 4) is 0 Å². The molecule has 0 bridgehead atoms. The van der Waals surface area contributed by atoms with Gasteiger partial charge in [-0.05, 0) is 25.0 Å². The Bertz CT molecular complexity index is 325. The minimum Gasteiger partial charge on any atom is -0.349 e. The average molecular weight is 325 g/mol. The SMILES string of the molecule is CCCCCCCCCCCCOC1C=CC(=O)C(CCC)O1. The van der Waals surface area contributed by atoms with Crippen LogP contribution in [-0.2, 0) is 14.3 Å². The Kier molecular flexibility index (Phi) is 12.2. The minimum absolute atomic E-state index is 0.0747. The van der Waals surface area contributed by atoms with Crippen LogP contribution in [0.5, 0.6) is 0 Å². The number of rotatable bonds is 14. The molecule has 2 unspecified atom stereocenters. The van der Waals surface area contributed by atoms with E-state index in [1.807, 2.05) is 0 Å². The number of carbonyl (C=O) groups excluding carboxylic acids is 1. The molecule has 1 aliphatic rings. The second-order valence-electron chi connectivity index (χ2n) is 6.60. The molecule has 0 aromatic rings. The highest BCUT2D eigenvalue weighted by Crippen LogP contribution is 2.16. The maximum absolute atomic E-state index is 11.6. The van der Waals surface area contributed by atoms with Crippen LogP contribution in [0.25, 0.3) is 0 Å². The van der Waals surface area contributed by atoms with Crippen LogP contribution in [0.3, 0.4) is 0 Å². The van der Waals surface area contributed by atoms with E-state index >= 15 is 0 Å². The maximum atomic E-state index is 11.6. The van der Waals surface area contributed by atoms with Gasteiger partial charge in [0, 0.05) is 0 Å². The Balaban J connectivity index is 1.93. The van der Waals surface area contributed by atoms with Gasteiger partial charge in [0.1, 0.15) is 6.10 Å². The molecular formula is C20H36O3. The number of ketones is 1. The molecule has 0 radical (unpaired) electrons. The Morgan fingerprint density at radius 3 is 2.13 bits per heavy atom. The van der Waals surface area contributed by atoms with Crippen LogP contribution in [-0.4, -0.2) is 24.8 Å². The molecule has 3 heteroatoms. The summed E-state index contributed by atoms with van der Waals surface area (Å²) in [5.74, 6) is 0.0747. The van der Waals surface area contributed by atoms with Gasteiger partial charge in [-0.15, -0.1) is 0 Å². The first-order chi connectivity index (χ1) is 11.3. The molecule has 23 heavy (non-hydrogen) atoms. The maximum Gasteiger partial charge on any atom is 0.184 e. The van der Waals surface area contributed by atoms with E-state index in [9.17, 15) is 4.79 Å². The van der Waals surface area contributed by atoms with Crippen molar-refractivity contribution in [2.75, 3.05) is 6.61 Å². The van der Waals surface area contributed by atoms with E-state index in [-0.39, 0.29) is 18.2 Å². The number of hydrogen-bond donors (Lipinski definition) is 0. The summed E-state index contributed by atoms with van der Waals surface area (Å²) in [5.41, 5.74) is 0. The van der Waals surface area contributed by atoms with Crippen molar-refractivity contribution >= 4 is 5.78 Å². The Morgan fingerprint density at radius 1 is 0.913 bits per heavy atom. The topological polar surface area (TPSA) is 35.5 Å². The standard InChI is InChI=1S/C20H36O3/c1-3-5-6-7-8-9-10-11-12-13-17-22-20-16-15-18(21)19(23-20)14-4-2/h15-16,19-20H,3-14,17H2,1-2H3. The lowest BCUT2D eigenvalue weighted by molar-refractivity contribution is -0.164. The third-order valence-corrected chi connectivity index (χ3v) is 4.36. The third kappa shape index (κ3) is 9.93. The van der Waals surface area contributed by atoms with Gasteiger partial charge in [-0.3, -0.25) is 4.79 Å². The fourth-order valence-electron chi connectivity index (χ4n) is 2.91. The predicted molar refractivity (Wildman–Crippen MR) is 95.5 cm³/mol. The summed E-state index contributed by atoms with van der Waals surface area (Å²) in [5, 5.41) is 0. The monoisotopic (exact) mass is 324 g/mol. The van der Waals surface area contributed by atoms with Crippen molar-refractivity contribution in [2.45, 2.75) is 103 Å². The molecule has 0 aliphatic carbocycles. The number of unbranched alkanes of at least 4 members (excludes halogenated alkanes) is 9. The van der Waals surface area contributed by atoms with E-state index in [2.05, 4.69) is 13.8 Å². The van der Waals surface area contributed by atoms with E-state index < -0.39 is 0 Å². The van der Waals surface area contributed by atoms with Gasteiger partial charge in [0.25, 0.3) is 0 Å². The van der Waals surface area contributed by atoms with Gasteiger partial charge >= 0.3 is 0 Å². The first-order valence-electron chi connectivity index (χ1n) is 9.77.